The molecular weight excluding hydrogens is 214 g/mol. The lowest BCUT2D eigenvalue weighted by Gasteiger charge is -2.22. The lowest BCUT2D eigenvalue weighted by atomic mass is 10.1. The monoisotopic (exact) mass is 239 g/mol. The highest BCUT2D eigenvalue weighted by molar-refractivity contribution is 5.82. The normalized spacial score (nSPS) is 29.2. The molecule has 1 N–H and O–H groups in total. The Morgan fingerprint density at radius 1 is 1.47 bits per heavy atom. The van der Waals surface area contributed by atoms with Gasteiger partial charge in [0, 0.05) is 19.6 Å². The molecule has 2 aliphatic heterocycles. The van der Waals surface area contributed by atoms with Crippen molar-refractivity contribution < 1.29 is 4.79 Å². The first-order valence-corrected chi connectivity index (χ1v) is 6.91. The predicted octanol–water partition coefficient (Wildman–Crippen LogP) is 0.539. The third-order valence-electron chi connectivity index (χ3n) is 4.07. The van der Waals surface area contributed by atoms with Crippen LogP contribution in [0.2, 0.25) is 0 Å². The molecule has 4 nitrogen and oxygen atoms in total. The van der Waals surface area contributed by atoms with E-state index in [2.05, 4.69) is 29.1 Å². The number of hydrogen-bond donors (Lipinski definition) is 1. The zero-order valence-corrected chi connectivity index (χ0v) is 11.1. The van der Waals surface area contributed by atoms with E-state index >= 15 is 0 Å². The summed E-state index contributed by atoms with van der Waals surface area (Å²) in [5.74, 6) is 1.01. The maximum atomic E-state index is 12.2. The molecule has 0 aromatic rings. The molecule has 2 heterocycles. The highest BCUT2D eigenvalue weighted by Gasteiger charge is 2.32. The van der Waals surface area contributed by atoms with Crippen LogP contribution in [0.1, 0.15) is 26.2 Å². The fourth-order valence-electron chi connectivity index (χ4n) is 2.87. The highest BCUT2D eigenvalue weighted by Crippen LogP contribution is 2.19. The summed E-state index contributed by atoms with van der Waals surface area (Å²) in [7, 11) is 2.16. The van der Waals surface area contributed by atoms with Crippen molar-refractivity contribution in [1.29, 1.82) is 0 Å². The molecule has 4 heteroatoms. The van der Waals surface area contributed by atoms with Crippen LogP contribution >= 0.6 is 0 Å². The highest BCUT2D eigenvalue weighted by atomic mass is 16.2. The van der Waals surface area contributed by atoms with Gasteiger partial charge in [-0.2, -0.15) is 0 Å². The Kier molecular flexibility index (Phi) is 4.40. The van der Waals surface area contributed by atoms with Gasteiger partial charge in [-0.1, -0.05) is 6.92 Å². The first-order valence-electron chi connectivity index (χ1n) is 6.91. The van der Waals surface area contributed by atoms with E-state index in [9.17, 15) is 4.79 Å². The van der Waals surface area contributed by atoms with Crippen LogP contribution in [0.25, 0.3) is 0 Å². The second-order valence-electron chi connectivity index (χ2n) is 5.44. The number of likely N-dealkylation sites (tertiary alicyclic amines) is 1. The molecule has 0 aliphatic carbocycles. The Balaban J connectivity index is 1.78. The summed E-state index contributed by atoms with van der Waals surface area (Å²) >= 11 is 0. The van der Waals surface area contributed by atoms with Crippen molar-refractivity contribution in [3.8, 4) is 0 Å². The summed E-state index contributed by atoms with van der Waals surface area (Å²) in [5, 5.41) is 3.30. The Hall–Kier alpha value is -0.610. The van der Waals surface area contributed by atoms with Crippen molar-refractivity contribution >= 4 is 5.91 Å². The quantitative estimate of drug-likeness (QED) is 0.778. The summed E-state index contributed by atoms with van der Waals surface area (Å²) in [5.41, 5.74) is 0. The van der Waals surface area contributed by atoms with Gasteiger partial charge in [0.2, 0.25) is 5.91 Å². The van der Waals surface area contributed by atoms with Gasteiger partial charge in [-0.25, -0.2) is 0 Å². The van der Waals surface area contributed by atoms with Gasteiger partial charge in [-0.05, 0) is 45.3 Å². The van der Waals surface area contributed by atoms with E-state index in [1.54, 1.807) is 0 Å². The van der Waals surface area contributed by atoms with E-state index in [0.717, 1.165) is 45.6 Å². The van der Waals surface area contributed by atoms with Crippen LogP contribution in [0.3, 0.4) is 0 Å². The summed E-state index contributed by atoms with van der Waals surface area (Å²) in [6.45, 7) is 7.32. The van der Waals surface area contributed by atoms with Gasteiger partial charge < -0.3 is 15.1 Å². The van der Waals surface area contributed by atoms with Gasteiger partial charge >= 0.3 is 0 Å². The number of hydrogen-bond acceptors (Lipinski definition) is 3. The molecule has 1 unspecified atom stereocenters. The molecule has 2 rings (SSSR count). The third-order valence-corrected chi connectivity index (χ3v) is 4.07. The minimum Gasteiger partial charge on any atom is -0.341 e. The van der Waals surface area contributed by atoms with E-state index in [1.807, 2.05) is 0 Å². The molecule has 0 aromatic heterocycles. The van der Waals surface area contributed by atoms with Gasteiger partial charge in [-0.15, -0.1) is 0 Å². The van der Waals surface area contributed by atoms with Crippen LogP contribution in [0.4, 0.5) is 0 Å². The fourth-order valence-corrected chi connectivity index (χ4v) is 2.87. The molecule has 0 spiro atoms. The molecule has 17 heavy (non-hydrogen) atoms. The lowest BCUT2D eigenvalue weighted by Crippen LogP contribution is -2.42. The largest absolute Gasteiger partial charge is 0.341 e. The van der Waals surface area contributed by atoms with Crippen molar-refractivity contribution in [2.75, 3.05) is 39.8 Å². The second-order valence-corrected chi connectivity index (χ2v) is 5.44. The Bertz CT molecular complexity index is 263. The van der Waals surface area contributed by atoms with Crippen LogP contribution in [0.5, 0.6) is 0 Å². The molecule has 2 aliphatic rings. The number of nitrogens with one attached hydrogen (secondary N) is 1. The van der Waals surface area contributed by atoms with Gasteiger partial charge in [0.25, 0.3) is 0 Å². The minimum atomic E-state index is 0.109. The molecule has 0 radical (unpaired) electrons. The van der Waals surface area contributed by atoms with Crippen molar-refractivity contribution in [2.45, 2.75) is 32.2 Å². The summed E-state index contributed by atoms with van der Waals surface area (Å²) < 4.78 is 0. The standard InChI is InChI=1S/C13H25N3O/c1-3-15(2)9-11-6-8-16(10-11)13(17)12-5-4-7-14-12/h11-12,14H,3-10H2,1-2H3/t11?,12-/m0/s1. The molecule has 2 saturated heterocycles. The maximum absolute atomic E-state index is 12.2. The van der Waals surface area contributed by atoms with Gasteiger partial charge in [-0.3, -0.25) is 4.79 Å². The van der Waals surface area contributed by atoms with Crippen molar-refractivity contribution in [3.05, 3.63) is 0 Å². The molecule has 98 valence electrons. The zero-order valence-electron chi connectivity index (χ0n) is 11.1. The molecule has 0 aromatic carbocycles. The van der Waals surface area contributed by atoms with Crippen LogP contribution in [0.15, 0.2) is 0 Å². The topological polar surface area (TPSA) is 35.6 Å². The second kappa shape index (κ2) is 5.83. The third kappa shape index (κ3) is 3.19. The van der Waals surface area contributed by atoms with Crippen molar-refractivity contribution in [2.24, 2.45) is 5.92 Å². The predicted molar refractivity (Wildman–Crippen MR) is 68.9 cm³/mol. The Morgan fingerprint density at radius 3 is 2.94 bits per heavy atom. The minimum absolute atomic E-state index is 0.109. The van der Waals surface area contributed by atoms with Crippen LogP contribution in [-0.2, 0) is 4.79 Å². The van der Waals surface area contributed by atoms with E-state index in [0.29, 0.717) is 11.8 Å². The first kappa shape index (κ1) is 12.8. The number of nitrogens with zero attached hydrogens (tertiary/aromatic N) is 2. The molecule has 2 atom stereocenters. The first-order chi connectivity index (χ1) is 8.20. The van der Waals surface area contributed by atoms with E-state index < -0.39 is 0 Å². The molecule has 0 bridgehead atoms. The SMILES string of the molecule is CCN(C)CC1CCN(C(=O)[C@@H]2CCCN2)C1. The Morgan fingerprint density at radius 2 is 2.29 bits per heavy atom. The van der Waals surface area contributed by atoms with Gasteiger partial charge in [0.1, 0.15) is 0 Å². The molecular formula is C13H25N3O. The van der Waals surface area contributed by atoms with E-state index in [1.165, 1.54) is 6.42 Å². The number of amides is 1. The fraction of sp³-hybridized carbons (Fsp3) is 0.923. The van der Waals surface area contributed by atoms with E-state index in [-0.39, 0.29) is 6.04 Å². The average Bonchev–Trinajstić information content (AvgIpc) is 2.98. The van der Waals surface area contributed by atoms with Gasteiger partial charge in [0.15, 0.2) is 0 Å². The maximum Gasteiger partial charge on any atom is 0.239 e. The summed E-state index contributed by atoms with van der Waals surface area (Å²) in [4.78, 5) is 16.6. The Labute approximate surface area is 104 Å². The van der Waals surface area contributed by atoms with Crippen LogP contribution in [0, 0.1) is 5.92 Å². The number of carbonyl (C=O) groups is 1. The smallest absolute Gasteiger partial charge is 0.239 e. The van der Waals surface area contributed by atoms with E-state index in [4.69, 9.17) is 0 Å². The van der Waals surface area contributed by atoms with Crippen molar-refractivity contribution in [1.82, 2.24) is 15.1 Å². The van der Waals surface area contributed by atoms with Crippen LogP contribution < -0.4 is 5.32 Å². The van der Waals surface area contributed by atoms with Crippen LogP contribution in [-0.4, -0.2) is 61.5 Å². The molecule has 0 saturated carbocycles. The summed E-state index contributed by atoms with van der Waals surface area (Å²) in [6, 6.07) is 0.109. The molecule has 1 amide bonds. The summed E-state index contributed by atoms with van der Waals surface area (Å²) in [6.07, 6.45) is 3.34. The van der Waals surface area contributed by atoms with Crippen molar-refractivity contribution in [3.63, 3.8) is 0 Å². The number of rotatable bonds is 4. The zero-order chi connectivity index (χ0) is 12.3. The number of carbonyl (C=O) groups excluding carboxylic acids is 1. The average molecular weight is 239 g/mol. The molecule has 2 fully saturated rings. The van der Waals surface area contributed by atoms with Gasteiger partial charge in [0.05, 0.1) is 6.04 Å². The lowest BCUT2D eigenvalue weighted by molar-refractivity contribution is -0.132.